The zero-order chi connectivity index (χ0) is 12.3. The summed E-state index contributed by atoms with van der Waals surface area (Å²) in [5.74, 6) is 2.86. The van der Waals surface area contributed by atoms with Gasteiger partial charge in [0, 0.05) is 19.3 Å². The van der Waals surface area contributed by atoms with E-state index in [9.17, 15) is 0 Å². The average molecular weight is 221 g/mol. The standard InChI is InChI=1S/C15H27N/c1-7-11(3)15-9-13(5)16(6)10-12(4)14(15)8-2/h7,11-12,14-15H,1,5,8-10H2,2-4,6H3/t11?,12-,14+,15?/m0/s1. The van der Waals surface area contributed by atoms with E-state index in [0.717, 1.165) is 30.7 Å². The number of nitrogens with zero attached hydrogens (tertiary/aromatic N) is 1. The second kappa shape index (κ2) is 5.56. The third-order valence-electron chi connectivity index (χ3n) is 4.37. The topological polar surface area (TPSA) is 3.24 Å². The van der Waals surface area contributed by atoms with Crippen LogP contribution in [0.4, 0.5) is 0 Å². The van der Waals surface area contributed by atoms with Crippen molar-refractivity contribution in [1.29, 1.82) is 0 Å². The molecule has 16 heavy (non-hydrogen) atoms. The molecule has 1 rings (SSSR count). The number of rotatable bonds is 3. The quantitative estimate of drug-likeness (QED) is 0.653. The minimum Gasteiger partial charge on any atom is -0.378 e. The van der Waals surface area contributed by atoms with Crippen LogP contribution >= 0.6 is 0 Å². The Morgan fingerprint density at radius 2 is 2.19 bits per heavy atom. The van der Waals surface area contributed by atoms with E-state index in [1.807, 2.05) is 0 Å². The Balaban J connectivity index is 2.92. The van der Waals surface area contributed by atoms with Crippen molar-refractivity contribution in [2.75, 3.05) is 13.6 Å². The fraction of sp³-hybridized carbons (Fsp3) is 0.733. The molecular weight excluding hydrogens is 194 g/mol. The largest absolute Gasteiger partial charge is 0.378 e. The molecule has 1 aliphatic rings. The first-order valence-corrected chi connectivity index (χ1v) is 6.52. The Hall–Kier alpha value is -0.720. The lowest BCUT2D eigenvalue weighted by Gasteiger charge is -2.31. The normalized spacial score (nSPS) is 33.4. The van der Waals surface area contributed by atoms with E-state index in [1.165, 1.54) is 12.1 Å². The molecule has 1 heteroatoms. The van der Waals surface area contributed by atoms with Gasteiger partial charge in [-0.05, 0) is 30.1 Å². The van der Waals surface area contributed by atoms with E-state index in [-0.39, 0.29) is 0 Å². The van der Waals surface area contributed by atoms with Crippen LogP contribution in [0.1, 0.15) is 33.6 Å². The molecule has 0 aromatic heterocycles. The maximum atomic E-state index is 4.22. The minimum absolute atomic E-state index is 0.593. The molecule has 0 N–H and O–H groups in total. The zero-order valence-electron chi connectivity index (χ0n) is 11.4. The third-order valence-corrected chi connectivity index (χ3v) is 4.37. The number of allylic oxidation sites excluding steroid dienone is 2. The van der Waals surface area contributed by atoms with Crippen LogP contribution in [0.15, 0.2) is 24.9 Å². The second-order valence-electron chi connectivity index (χ2n) is 5.46. The van der Waals surface area contributed by atoms with Crippen LogP contribution in [0.2, 0.25) is 0 Å². The monoisotopic (exact) mass is 221 g/mol. The second-order valence-corrected chi connectivity index (χ2v) is 5.46. The summed E-state index contributed by atoms with van der Waals surface area (Å²) < 4.78 is 0. The maximum Gasteiger partial charge on any atom is 0.0200 e. The van der Waals surface area contributed by atoms with Crippen molar-refractivity contribution < 1.29 is 0 Å². The van der Waals surface area contributed by atoms with Gasteiger partial charge in [0.15, 0.2) is 0 Å². The fourth-order valence-electron chi connectivity index (χ4n) is 3.15. The molecular formula is C15H27N. The van der Waals surface area contributed by atoms with Crippen LogP contribution in [0.3, 0.4) is 0 Å². The van der Waals surface area contributed by atoms with Crippen molar-refractivity contribution in [2.45, 2.75) is 33.6 Å². The molecule has 2 unspecified atom stereocenters. The molecule has 1 heterocycles. The van der Waals surface area contributed by atoms with Crippen LogP contribution in [-0.4, -0.2) is 18.5 Å². The van der Waals surface area contributed by atoms with Crippen LogP contribution in [0.5, 0.6) is 0 Å². The summed E-state index contributed by atoms with van der Waals surface area (Å²) >= 11 is 0. The Morgan fingerprint density at radius 3 is 2.69 bits per heavy atom. The van der Waals surface area contributed by atoms with Crippen LogP contribution in [0, 0.1) is 23.7 Å². The molecule has 1 saturated heterocycles. The van der Waals surface area contributed by atoms with Gasteiger partial charge in [-0.3, -0.25) is 0 Å². The van der Waals surface area contributed by atoms with E-state index in [1.54, 1.807) is 0 Å². The first-order valence-electron chi connectivity index (χ1n) is 6.52. The Morgan fingerprint density at radius 1 is 1.56 bits per heavy atom. The minimum atomic E-state index is 0.593. The van der Waals surface area contributed by atoms with E-state index in [2.05, 4.69) is 52.0 Å². The van der Waals surface area contributed by atoms with Crippen molar-refractivity contribution in [2.24, 2.45) is 23.7 Å². The molecule has 0 aromatic rings. The van der Waals surface area contributed by atoms with Gasteiger partial charge in [0.25, 0.3) is 0 Å². The van der Waals surface area contributed by atoms with Crippen molar-refractivity contribution >= 4 is 0 Å². The number of likely N-dealkylation sites (tertiary alicyclic amines) is 1. The van der Waals surface area contributed by atoms with E-state index in [0.29, 0.717) is 5.92 Å². The molecule has 0 aliphatic carbocycles. The van der Waals surface area contributed by atoms with Gasteiger partial charge in [-0.25, -0.2) is 0 Å². The molecule has 92 valence electrons. The molecule has 1 fully saturated rings. The summed E-state index contributed by atoms with van der Waals surface area (Å²) in [6.07, 6.45) is 4.51. The van der Waals surface area contributed by atoms with Gasteiger partial charge >= 0.3 is 0 Å². The lowest BCUT2D eigenvalue weighted by atomic mass is 9.73. The lowest BCUT2D eigenvalue weighted by molar-refractivity contribution is 0.200. The van der Waals surface area contributed by atoms with E-state index in [4.69, 9.17) is 0 Å². The van der Waals surface area contributed by atoms with Crippen molar-refractivity contribution in [3.05, 3.63) is 24.9 Å². The van der Waals surface area contributed by atoms with Crippen molar-refractivity contribution in [3.8, 4) is 0 Å². The SMILES string of the molecule is C=CC(C)C1CC(=C)N(C)C[C@H](C)[C@H]1CC. The lowest BCUT2D eigenvalue weighted by Crippen LogP contribution is -2.27. The predicted octanol–water partition coefficient (Wildman–Crippen LogP) is 3.94. The van der Waals surface area contributed by atoms with Gasteiger partial charge in [-0.15, -0.1) is 6.58 Å². The van der Waals surface area contributed by atoms with Crippen LogP contribution in [-0.2, 0) is 0 Å². The highest BCUT2D eigenvalue weighted by molar-refractivity contribution is 5.02. The first kappa shape index (κ1) is 13.3. The molecule has 0 amide bonds. The third kappa shape index (κ3) is 2.69. The number of hydrogen-bond acceptors (Lipinski definition) is 1. The van der Waals surface area contributed by atoms with Crippen molar-refractivity contribution in [1.82, 2.24) is 4.90 Å². The molecule has 0 bridgehead atoms. The van der Waals surface area contributed by atoms with Crippen LogP contribution in [0.25, 0.3) is 0 Å². The molecule has 0 radical (unpaired) electrons. The highest BCUT2D eigenvalue weighted by atomic mass is 15.1. The Bertz CT molecular complexity index is 256. The summed E-state index contributed by atoms with van der Waals surface area (Å²) in [7, 11) is 2.17. The Labute approximate surface area is 101 Å². The van der Waals surface area contributed by atoms with E-state index < -0.39 is 0 Å². The molecule has 0 aromatic carbocycles. The summed E-state index contributed by atoms with van der Waals surface area (Å²) in [4.78, 5) is 2.34. The molecule has 0 spiro atoms. The smallest absolute Gasteiger partial charge is 0.0200 e. The first-order chi connectivity index (χ1) is 7.51. The van der Waals surface area contributed by atoms with Gasteiger partial charge in [-0.1, -0.05) is 39.8 Å². The van der Waals surface area contributed by atoms with Gasteiger partial charge in [-0.2, -0.15) is 0 Å². The Kier molecular flexibility index (Phi) is 4.64. The number of hydrogen-bond donors (Lipinski definition) is 0. The highest BCUT2D eigenvalue weighted by Gasteiger charge is 2.32. The summed E-state index contributed by atoms with van der Waals surface area (Å²) in [5.41, 5.74) is 1.29. The average Bonchev–Trinajstić information content (AvgIpc) is 2.36. The summed E-state index contributed by atoms with van der Waals surface area (Å²) in [5, 5.41) is 0. The molecule has 0 saturated carbocycles. The highest BCUT2D eigenvalue weighted by Crippen LogP contribution is 2.38. The van der Waals surface area contributed by atoms with E-state index >= 15 is 0 Å². The fourth-order valence-corrected chi connectivity index (χ4v) is 3.15. The predicted molar refractivity (Wildman–Crippen MR) is 72.2 cm³/mol. The summed E-state index contributed by atoms with van der Waals surface area (Å²) in [6, 6.07) is 0. The van der Waals surface area contributed by atoms with Gasteiger partial charge in [0.2, 0.25) is 0 Å². The molecule has 1 aliphatic heterocycles. The van der Waals surface area contributed by atoms with Gasteiger partial charge < -0.3 is 4.90 Å². The zero-order valence-corrected chi connectivity index (χ0v) is 11.4. The molecule has 1 nitrogen and oxygen atoms in total. The van der Waals surface area contributed by atoms with Crippen molar-refractivity contribution in [3.63, 3.8) is 0 Å². The van der Waals surface area contributed by atoms with Gasteiger partial charge in [0.1, 0.15) is 0 Å². The summed E-state index contributed by atoms with van der Waals surface area (Å²) in [6.45, 7) is 16.3. The maximum absolute atomic E-state index is 4.22. The van der Waals surface area contributed by atoms with Gasteiger partial charge in [0.05, 0.1) is 0 Å². The van der Waals surface area contributed by atoms with Crippen LogP contribution < -0.4 is 0 Å². The molecule has 4 atom stereocenters.